The molecular weight excluding hydrogens is 370 g/mol. The summed E-state index contributed by atoms with van der Waals surface area (Å²) in [6, 6.07) is 18.1. The molecule has 0 radical (unpaired) electrons. The quantitative estimate of drug-likeness (QED) is 0.538. The zero-order valence-corrected chi connectivity index (χ0v) is 15.8. The van der Waals surface area contributed by atoms with Crippen LogP contribution in [-0.4, -0.2) is 23.3 Å². The van der Waals surface area contributed by atoms with Gasteiger partial charge in [0, 0.05) is 35.7 Å². The van der Waals surface area contributed by atoms with Gasteiger partial charge in [-0.05, 0) is 24.4 Å². The monoisotopic (exact) mass is 389 g/mol. The van der Waals surface area contributed by atoms with E-state index in [-0.39, 0.29) is 30.5 Å². The minimum absolute atomic E-state index is 0.0531. The lowest BCUT2D eigenvalue weighted by atomic mass is 10.1. The van der Waals surface area contributed by atoms with Crippen LogP contribution in [0.4, 0.5) is 17.1 Å². The Labute approximate surface area is 167 Å². The molecule has 2 amide bonds. The molecule has 4 rings (SSSR count). The number of fused-ring (bicyclic) bond motifs is 1. The first kappa shape index (κ1) is 18.6. The van der Waals surface area contributed by atoms with Crippen LogP contribution in [0.15, 0.2) is 60.7 Å². The molecule has 1 aliphatic rings. The molecule has 1 fully saturated rings. The van der Waals surface area contributed by atoms with Crippen LogP contribution in [0.3, 0.4) is 0 Å². The molecule has 7 nitrogen and oxygen atoms in total. The van der Waals surface area contributed by atoms with Gasteiger partial charge in [0.05, 0.1) is 16.5 Å². The van der Waals surface area contributed by atoms with Crippen LogP contribution in [0.25, 0.3) is 10.8 Å². The van der Waals surface area contributed by atoms with Crippen molar-refractivity contribution in [2.75, 3.05) is 16.8 Å². The molecule has 146 valence electrons. The van der Waals surface area contributed by atoms with Crippen LogP contribution in [0.2, 0.25) is 0 Å². The zero-order valence-electron chi connectivity index (χ0n) is 15.8. The molecule has 7 heteroatoms. The van der Waals surface area contributed by atoms with Gasteiger partial charge >= 0.3 is 0 Å². The summed E-state index contributed by atoms with van der Waals surface area (Å²) in [5.41, 5.74) is 1.60. The van der Waals surface area contributed by atoms with Crippen LogP contribution in [0, 0.1) is 23.0 Å². The Morgan fingerprint density at radius 2 is 1.90 bits per heavy atom. The van der Waals surface area contributed by atoms with Crippen molar-refractivity contribution in [1.82, 2.24) is 0 Å². The average molecular weight is 389 g/mol. The SMILES string of the molecule is Cc1ccc(NC(=O)[C@@H]2CC(=O)N(c3cccc4ccccc34)C2)cc1[N+](=O)[O-]. The second-order valence-corrected chi connectivity index (χ2v) is 7.15. The lowest BCUT2D eigenvalue weighted by molar-refractivity contribution is -0.385. The van der Waals surface area contributed by atoms with Crippen molar-refractivity contribution in [1.29, 1.82) is 0 Å². The van der Waals surface area contributed by atoms with Crippen LogP contribution in [0.1, 0.15) is 12.0 Å². The summed E-state index contributed by atoms with van der Waals surface area (Å²) in [6.07, 6.45) is 0.100. The van der Waals surface area contributed by atoms with E-state index in [9.17, 15) is 19.7 Å². The number of anilines is 2. The molecule has 29 heavy (non-hydrogen) atoms. The molecule has 0 aliphatic carbocycles. The smallest absolute Gasteiger partial charge is 0.274 e. The average Bonchev–Trinajstić information content (AvgIpc) is 3.10. The standard InChI is InChI=1S/C22H19N3O4/c1-14-9-10-17(12-20(14)25(28)29)23-22(27)16-11-21(26)24(13-16)19-8-4-6-15-5-2-3-7-18(15)19/h2-10,12,16H,11,13H2,1H3,(H,23,27)/t16-/m1/s1. The van der Waals surface area contributed by atoms with E-state index in [1.54, 1.807) is 24.0 Å². The lowest BCUT2D eigenvalue weighted by Crippen LogP contribution is -2.28. The summed E-state index contributed by atoms with van der Waals surface area (Å²) in [6.45, 7) is 1.91. The number of hydrogen-bond acceptors (Lipinski definition) is 4. The highest BCUT2D eigenvalue weighted by Crippen LogP contribution is 2.32. The second kappa shape index (κ2) is 7.35. The van der Waals surface area contributed by atoms with E-state index >= 15 is 0 Å². The predicted molar refractivity (Wildman–Crippen MR) is 111 cm³/mol. The van der Waals surface area contributed by atoms with Gasteiger partial charge in [-0.25, -0.2) is 0 Å². The number of nitro benzene ring substituents is 1. The maximum Gasteiger partial charge on any atom is 0.274 e. The summed E-state index contributed by atoms with van der Waals surface area (Å²) in [4.78, 5) is 37.6. The number of carbonyl (C=O) groups is 2. The molecule has 1 N–H and O–H groups in total. The number of nitro groups is 1. The number of amides is 2. The minimum Gasteiger partial charge on any atom is -0.326 e. The van der Waals surface area contributed by atoms with Crippen LogP contribution < -0.4 is 10.2 Å². The maximum absolute atomic E-state index is 12.7. The van der Waals surface area contributed by atoms with Gasteiger partial charge in [0.25, 0.3) is 5.69 Å². The van der Waals surface area contributed by atoms with E-state index in [1.165, 1.54) is 6.07 Å². The van der Waals surface area contributed by atoms with Gasteiger partial charge in [0.2, 0.25) is 11.8 Å². The Morgan fingerprint density at radius 1 is 1.14 bits per heavy atom. The molecule has 1 saturated heterocycles. The Kier molecular flexibility index (Phi) is 4.72. The van der Waals surface area contributed by atoms with E-state index in [2.05, 4.69) is 5.32 Å². The summed E-state index contributed by atoms with van der Waals surface area (Å²) in [5.74, 6) is -0.961. The van der Waals surface area contributed by atoms with Crippen molar-refractivity contribution in [3.05, 3.63) is 76.3 Å². The Balaban J connectivity index is 1.54. The fraction of sp³-hybridized carbons (Fsp3) is 0.182. The molecule has 0 bridgehead atoms. The third-order valence-corrected chi connectivity index (χ3v) is 5.23. The Morgan fingerprint density at radius 3 is 2.69 bits per heavy atom. The van der Waals surface area contributed by atoms with E-state index < -0.39 is 10.8 Å². The Hall–Kier alpha value is -3.74. The van der Waals surface area contributed by atoms with Crippen molar-refractivity contribution in [2.24, 2.45) is 5.92 Å². The van der Waals surface area contributed by atoms with Crippen molar-refractivity contribution in [3.63, 3.8) is 0 Å². The Bertz CT molecular complexity index is 1140. The number of carbonyl (C=O) groups excluding carboxylic acids is 2. The summed E-state index contributed by atoms with van der Waals surface area (Å²) in [5, 5.41) is 15.8. The predicted octanol–water partition coefficient (Wildman–Crippen LogP) is 4.05. The zero-order chi connectivity index (χ0) is 20.5. The van der Waals surface area contributed by atoms with Crippen LogP contribution in [-0.2, 0) is 9.59 Å². The van der Waals surface area contributed by atoms with Crippen molar-refractivity contribution >= 4 is 39.6 Å². The van der Waals surface area contributed by atoms with E-state index in [0.29, 0.717) is 11.3 Å². The first-order chi connectivity index (χ1) is 13.9. The number of benzene rings is 3. The van der Waals surface area contributed by atoms with Gasteiger partial charge in [-0.15, -0.1) is 0 Å². The van der Waals surface area contributed by atoms with Gasteiger partial charge in [-0.1, -0.05) is 42.5 Å². The highest BCUT2D eigenvalue weighted by atomic mass is 16.6. The summed E-state index contributed by atoms with van der Waals surface area (Å²) in [7, 11) is 0. The van der Waals surface area contributed by atoms with Gasteiger partial charge in [-0.3, -0.25) is 19.7 Å². The number of aryl methyl sites for hydroxylation is 1. The molecule has 0 unspecified atom stereocenters. The van der Waals surface area contributed by atoms with Crippen molar-refractivity contribution in [3.8, 4) is 0 Å². The number of nitrogens with zero attached hydrogens (tertiary/aromatic N) is 2. The summed E-state index contributed by atoms with van der Waals surface area (Å²) >= 11 is 0. The first-order valence-corrected chi connectivity index (χ1v) is 9.28. The van der Waals surface area contributed by atoms with Gasteiger partial charge in [-0.2, -0.15) is 0 Å². The van der Waals surface area contributed by atoms with E-state index in [1.807, 2.05) is 42.5 Å². The fourth-order valence-corrected chi connectivity index (χ4v) is 3.69. The first-order valence-electron chi connectivity index (χ1n) is 9.28. The maximum atomic E-state index is 12.7. The highest BCUT2D eigenvalue weighted by Gasteiger charge is 2.35. The molecule has 1 atom stereocenters. The largest absolute Gasteiger partial charge is 0.326 e. The normalized spacial score (nSPS) is 16.2. The topological polar surface area (TPSA) is 92.6 Å². The minimum atomic E-state index is -0.526. The van der Waals surface area contributed by atoms with E-state index in [0.717, 1.165) is 16.5 Å². The molecule has 1 aliphatic heterocycles. The molecule has 3 aromatic carbocycles. The van der Waals surface area contributed by atoms with Gasteiger partial charge in [0.1, 0.15) is 0 Å². The number of nitrogens with one attached hydrogen (secondary N) is 1. The molecule has 0 aromatic heterocycles. The molecule has 1 heterocycles. The van der Waals surface area contributed by atoms with Crippen molar-refractivity contribution in [2.45, 2.75) is 13.3 Å². The van der Waals surface area contributed by atoms with Crippen LogP contribution in [0.5, 0.6) is 0 Å². The van der Waals surface area contributed by atoms with E-state index in [4.69, 9.17) is 0 Å². The number of hydrogen-bond donors (Lipinski definition) is 1. The molecule has 0 spiro atoms. The highest BCUT2D eigenvalue weighted by molar-refractivity contribution is 6.08. The summed E-state index contributed by atoms with van der Waals surface area (Å²) < 4.78 is 0. The fourth-order valence-electron chi connectivity index (χ4n) is 3.69. The third-order valence-electron chi connectivity index (χ3n) is 5.23. The number of rotatable bonds is 4. The lowest BCUT2D eigenvalue weighted by Gasteiger charge is -2.19. The van der Waals surface area contributed by atoms with Gasteiger partial charge in [0.15, 0.2) is 0 Å². The second-order valence-electron chi connectivity index (χ2n) is 7.15. The van der Waals surface area contributed by atoms with Gasteiger partial charge < -0.3 is 10.2 Å². The molecule has 0 saturated carbocycles. The van der Waals surface area contributed by atoms with Crippen LogP contribution >= 0.6 is 0 Å². The van der Waals surface area contributed by atoms with Crippen molar-refractivity contribution < 1.29 is 14.5 Å². The molecule has 3 aromatic rings. The molecular formula is C22H19N3O4. The third kappa shape index (κ3) is 3.54.